The van der Waals surface area contributed by atoms with Crippen LogP contribution in [-0.4, -0.2) is 16.1 Å². The van der Waals surface area contributed by atoms with Gasteiger partial charge in [-0.3, -0.25) is 0 Å². The van der Waals surface area contributed by atoms with Crippen LogP contribution in [0.4, 0.5) is 5.95 Å². The number of hydrogen-bond acceptors (Lipinski definition) is 2. The van der Waals surface area contributed by atoms with E-state index in [0.29, 0.717) is 17.9 Å². The zero-order chi connectivity index (χ0) is 14.1. The van der Waals surface area contributed by atoms with Crippen LogP contribution in [0.5, 0.6) is 0 Å². The fourth-order valence-corrected chi connectivity index (χ4v) is 2.74. The molecule has 1 aliphatic rings. The highest BCUT2D eigenvalue weighted by atomic mass is 15.2. The van der Waals surface area contributed by atoms with Crippen LogP contribution in [0.2, 0.25) is 0 Å². The maximum Gasteiger partial charge on any atom is 0.203 e. The topological polar surface area (TPSA) is 29.9 Å². The monoisotopic (exact) mass is 269 g/mol. The SMILES string of the molecule is Cc1cn(C2CC2c2ccccc2)c(NCC(C)C)n1. The Labute approximate surface area is 121 Å². The molecule has 1 saturated carbocycles. The third-order valence-corrected chi connectivity index (χ3v) is 3.86. The number of imidazole rings is 1. The maximum absolute atomic E-state index is 4.62. The molecule has 1 N–H and O–H groups in total. The summed E-state index contributed by atoms with van der Waals surface area (Å²) in [4.78, 5) is 4.62. The van der Waals surface area contributed by atoms with Gasteiger partial charge in [-0.15, -0.1) is 0 Å². The minimum atomic E-state index is 0.563. The first-order chi connectivity index (χ1) is 9.65. The summed E-state index contributed by atoms with van der Waals surface area (Å²) >= 11 is 0. The first kappa shape index (κ1) is 13.2. The molecule has 0 saturated heterocycles. The second-order valence-corrected chi connectivity index (χ2v) is 6.21. The third kappa shape index (κ3) is 2.72. The van der Waals surface area contributed by atoms with Gasteiger partial charge in [0.2, 0.25) is 5.95 Å². The summed E-state index contributed by atoms with van der Waals surface area (Å²) in [5.74, 6) is 2.30. The highest BCUT2D eigenvalue weighted by molar-refractivity contribution is 5.35. The molecule has 3 heteroatoms. The number of aromatic nitrogens is 2. The molecule has 1 aliphatic carbocycles. The Hall–Kier alpha value is -1.77. The van der Waals surface area contributed by atoms with Gasteiger partial charge in [0.25, 0.3) is 0 Å². The van der Waals surface area contributed by atoms with Gasteiger partial charge in [-0.25, -0.2) is 4.98 Å². The molecule has 1 aromatic carbocycles. The van der Waals surface area contributed by atoms with Gasteiger partial charge in [0, 0.05) is 24.7 Å². The number of hydrogen-bond donors (Lipinski definition) is 1. The van der Waals surface area contributed by atoms with Crippen LogP contribution in [0.25, 0.3) is 0 Å². The van der Waals surface area contributed by atoms with E-state index in [1.165, 1.54) is 12.0 Å². The van der Waals surface area contributed by atoms with Gasteiger partial charge in [-0.1, -0.05) is 44.2 Å². The van der Waals surface area contributed by atoms with E-state index in [9.17, 15) is 0 Å². The molecule has 106 valence electrons. The molecule has 2 atom stereocenters. The molecule has 2 unspecified atom stereocenters. The van der Waals surface area contributed by atoms with Crippen molar-refractivity contribution in [1.82, 2.24) is 9.55 Å². The Balaban J connectivity index is 1.75. The van der Waals surface area contributed by atoms with Crippen LogP contribution < -0.4 is 5.32 Å². The molecular formula is C17H23N3. The van der Waals surface area contributed by atoms with Crippen molar-refractivity contribution in [3.05, 3.63) is 47.8 Å². The van der Waals surface area contributed by atoms with Gasteiger partial charge in [-0.2, -0.15) is 0 Å². The van der Waals surface area contributed by atoms with E-state index in [2.05, 4.69) is 72.2 Å². The van der Waals surface area contributed by atoms with Crippen molar-refractivity contribution in [2.75, 3.05) is 11.9 Å². The van der Waals surface area contributed by atoms with Crippen molar-refractivity contribution in [1.29, 1.82) is 0 Å². The average Bonchev–Trinajstić information content (AvgIpc) is 3.14. The molecular weight excluding hydrogens is 246 g/mol. The summed E-state index contributed by atoms with van der Waals surface area (Å²) in [6.07, 6.45) is 3.40. The highest BCUT2D eigenvalue weighted by Gasteiger charge is 2.40. The lowest BCUT2D eigenvalue weighted by Gasteiger charge is -2.11. The van der Waals surface area contributed by atoms with Crippen LogP contribution >= 0.6 is 0 Å². The summed E-state index contributed by atoms with van der Waals surface area (Å²) in [6, 6.07) is 11.4. The second kappa shape index (κ2) is 5.31. The van der Waals surface area contributed by atoms with Crippen molar-refractivity contribution >= 4 is 5.95 Å². The molecule has 0 radical (unpaired) electrons. The molecule has 1 aromatic heterocycles. The Morgan fingerprint density at radius 2 is 2.05 bits per heavy atom. The average molecular weight is 269 g/mol. The lowest BCUT2D eigenvalue weighted by atomic mass is 10.1. The van der Waals surface area contributed by atoms with E-state index < -0.39 is 0 Å². The van der Waals surface area contributed by atoms with Crippen LogP contribution in [-0.2, 0) is 0 Å². The van der Waals surface area contributed by atoms with Crippen LogP contribution in [0, 0.1) is 12.8 Å². The maximum atomic E-state index is 4.62. The van der Waals surface area contributed by atoms with Gasteiger partial charge >= 0.3 is 0 Å². The quantitative estimate of drug-likeness (QED) is 0.889. The van der Waals surface area contributed by atoms with Crippen molar-refractivity contribution in [2.24, 2.45) is 5.92 Å². The van der Waals surface area contributed by atoms with Crippen LogP contribution in [0.15, 0.2) is 36.5 Å². The van der Waals surface area contributed by atoms with Crippen molar-refractivity contribution in [3.63, 3.8) is 0 Å². The van der Waals surface area contributed by atoms with E-state index in [1.54, 1.807) is 0 Å². The first-order valence-corrected chi connectivity index (χ1v) is 7.49. The standard InChI is InChI=1S/C17H23N3/c1-12(2)10-18-17-19-13(3)11-20(17)16-9-15(16)14-7-5-4-6-8-14/h4-8,11-12,15-16H,9-10H2,1-3H3,(H,18,19). The first-order valence-electron chi connectivity index (χ1n) is 7.49. The molecule has 0 aliphatic heterocycles. The summed E-state index contributed by atoms with van der Waals surface area (Å²) in [5, 5.41) is 3.48. The minimum Gasteiger partial charge on any atom is -0.355 e. The van der Waals surface area contributed by atoms with Crippen LogP contribution in [0.3, 0.4) is 0 Å². The van der Waals surface area contributed by atoms with Gasteiger partial charge in [0.1, 0.15) is 0 Å². The summed E-state index contributed by atoms with van der Waals surface area (Å²) in [6.45, 7) is 7.48. The molecule has 1 heterocycles. The number of benzene rings is 1. The van der Waals surface area contributed by atoms with E-state index in [-0.39, 0.29) is 0 Å². The number of aryl methyl sites for hydroxylation is 1. The van der Waals surface area contributed by atoms with Gasteiger partial charge < -0.3 is 9.88 Å². The molecule has 0 spiro atoms. The van der Waals surface area contributed by atoms with Crippen molar-refractivity contribution in [3.8, 4) is 0 Å². The van der Waals surface area contributed by atoms with Gasteiger partial charge in [0.05, 0.1) is 5.69 Å². The van der Waals surface area contributed by atoms with Crippen molar-refractivity contribution in [2.45, 2.75) is 39.2 Å². The normalized spacial score (nSPS) is 21.2. The predicted octanol–water partition coefficient (Wildman–Crippen LogP) is 3.99. The summed E-state index contributed by atoms with van der Waals surface area (Å²) in [5.41, 5.74) is 2.54. The molecule has 1 fully saturated rings. The lowest BCUT2D eigenvalue weighted by Crippen LogP contribution is -2.12. The number of nitrogens with one attached hydrogen (secondary N) is 1. The summed E-state index contributed by atoms with van der Waals surface area (Å²) in [7, 11) is 0. The molecule has 20 heavy (non-hydrogen) atoms. The van der Waals surface area contributed by atoms with E-state index >= 15 is 0 Å². The molecule has 3 rings (SSSR count). The largest absolute Gasteiger partial charge is 0.355 e. The van der Waals surface area contributed by atoms with E-state index in [1.807, 2.05) is 0 Å². The highest BCUT2D eigenvalue weighted by Crippen LogP contribution is 2.52. The molecule has 2 aromatic rings. The minimum absolute atomic E-state index is 0.563. The number of rotatable bonds is 5. The van der Waals surface area contributed by atoms with Crippen LogP contribution in [0.1, 0.15) is 43.5 Å². The lowest BCUT2D eigenvalue weighted by molar-refractivity contribution is 0.665. The molecule has 0 bridgehead atoms. The van der Waals surface area contributed by atoms with E-state index in [4.69, 9.17) is 0 Å². The Kier molecular flexibility index (Phi) is 3.51. The Bertz CT molecular complexity index is 571. The zero-order valence-corrected chi connectivity index (χ0v) is 12.5. The third-order valence-electron chi connectivity index (χ3n) is 3.86. The van der Waals surface area contributed by atoms with Gasteiger partial charge in [-0.05, 0) is 24.8 Å². The molecule has 0 amide bonds. The summed E-state index contributed by atoms with van der Waals surface area (Å²) < 4.78 is 2.33. The Morgan fingerprint density at radius 3 is 2.75 bits per heavy atom. The smallest absolute Gasteiger partial charge is 0.203 e. The second-order valence-electron chi connectivity index (χ2n) is 6.21. The van der Waals surface area contributed by atoms with Crippen molar-refractivity contribution < 1.29 is 0 Å². The zero-order valence-electron chi connectivity index (χ0n) is 12.5. The fraction of sp³-hybridized carbons (Fsp3) is 0.471. The number of anilines is 1. The van der Waals surface area contributed by atoms with E-state index in [0.717, 1.165) is 18.2 Å². The predicted molar refractivity (Wildman–Crippen MR) is 83.1 cm³/mol. The molecule has 3 nitrogen and oxygen atoms in total. The fourth-order valence-electron chi connectivity index (χ4n) is 2.74. The number of nitrogens with zero attached hydrogens (tertiary/aromatic N) is 2. The Morgan fingerprint density at radius 1 is 1.30 bits per heavy atom. The van der Waals surface area contributed by atoms with Gasteiger partial charge in [0.15, 0.2) is 0 Å².